The predicted molar refractivity (Wildman–Crippen MR) is 73.7 cm³/mol. The van der Waals surface area contributed by atoms with Crippen molar-refractivity contribution in [2.24, 2.45) is 5.14 Å². The largest absolute Gasteiger partial charge is 0.495 e. The van der Waals surface area contributed by atoms with Crippen molar-refractivity contribution >= 4 is 15.7 Å². The summed E-state index contributed by atoms with van der Waals surface area (Å²) in [6.07, 6.45) is 4.77. The van der Waals surface area contributed by atoms with Crippen LogP contribution in [0.2, 0.25) is 0 Å². The monoisotopic (exact) mass is 294 g/mol. The Hall–Kier alpha value is -2.19. The van der Waals surface area contributed by atoms with E-state index in [2.05, 4.69) is 15.3 Å². The third kappa shape index (κ3) is 3.43. The maximum atomic E-state index is 11.3. The van der Waals surface area contributed by atoms with Crippen LogP contribution >= 0.6 is 0 Å². The maximum Gasteiger partial charge on any atom is 0.238 e. The molecule has 1 heterocycles. The molecule has 0 aliphatic heterocycles. The molecular formula is C12H14N4O3S. The van der Waals surface area contributed by atoms with Gasteiger partial charge >= 0.3 is 0 Å². The first-order chi connectivity index (χ1) is 9.50. The van der Waals surface area contributed by atoms with Crippen LogP contribution < -0.4 is 15.2 Å². The molecule has 0 aliphatic rings. The van der Waals surface area contributed by atoms with Gasteiger partial charge in [-0.15, -0.1) is 0 Å². The summed E-state index contributed by atoms with van der Waals surface area (Å²) < 4.78 is 27.9. The van der Waals surface area contributed by atoms with E-state index in [9.17, 15) is 8.42 Å². The summed E-state index contributed by atoms with van der Waals surface area (Å²) in [5, 5.41) is 8.15. The number of hydrogen-bond donors (Lipinski definition) is 2. The zero-order valence-corrected chi connectivity index (χ0v) is 11.6. The normalized spacial score (nSPS) is 11.1. The molecule has 0 aliphatic carbocycles. The zero-order chi connectivity index (χ0) is 14.6. The van der Waals surface area contributed by atoms with Crippen molar-refractivity contribution in [3.63, 3.8) is 0 Å². The first-order valence-corrected chi connectivity index (χ1v) is 7.25. The van der Waals surface area contributed by atoms with Gasteiger partial charge in [0, 0.05) is 12.4 Å². The molecule has 0 fully saturated rings. The zero-order valence-electron chi connectivity index (χ0n) is 10.8. The fourth-order valence-corrected chi connectivity index (χ4v) is 2.15. The molecule has 0 saturated heterocycles. The molecule has 8 heteroatoms. The third-order valence-corrected chi connectivity index (χ3v) is 3.49. The number of hydrogen-bond acceptors (Lipinski definition) is 6. The fourth-order valence-electron chi connectivity index (χ4n) is 1.61. The summed E-state index contributed by atoms with van der Waals surface area (Å²) in [5.41, 5.74) is 1.24. The summed E-state index contributed by atoms with van der Waals surface area (Å²) in [6.45, 7) is 0.387. The quantitative estimate of drug-likeness (QED) is 0.842. The Kier molecular flexibility index (Phi) is 4.16. The summed E-state index contributed by atoms with van der Waals surface area (Å²) in [6, 6.07) is 4.35. The second-order valence-corrected chi connectivity index (χ2v) is 5.52. The second kappa shape index (κ2) is 5.85. The number of aromatic nitrogens is 2. The van der Waals surface area contributed by atoms with E-state index < -0.39 is 10.0 Å². The molecule has 0 spiro atoms. The number of ether oxygens (including phenoxy) is 1. The second-order valence-electron chi connectivity index (χ2n) is 3.96. The number of nitrogens with zero attached hydrogens (tertiary/aromatic N) is 2. The molecule has 0 bridgehead atoms. The van der Waals surface area contributed by atoms with Gasteiger partial charge in [-0.05, 0) is 18.2 Å². The highest BCUT2D eigenvalue weighted by Gasteiger charge is 2.12. The number of sulfonamides is 1. The standard InChI is InChI=1S/C12H14N4O3S/c1-19-12-3-2-10(20(13,17)18)6-11(12)16-8-9-7-14-4-5-15-9/h2-7,16H,8H2,1H3,(H2,13,17,18). The number of methoxy groups -OCH3 is 1. The van der Waals surface area contributed by atoms with E-state index in [0.717, 1.165) is 5.69 Å². The number of rotatable bonds is 5. The highest BCUT2D eigenvalue weighted by atomic mass is 32.2. The Balaban J connectivity index is 2.25. The Labute approximate surface area is 116 Å². The molecule has 20 heavy (non-hydrogen) atoms. The number of primary sulfonamides is 1. The van der Waals surface area contributed by atoms with Crippen LogP contribution in [-0.4, -0.2) is 25.5 Å². The lowest BCUT2D eigenvalue weighted by atomic mass is 10.3. The van der Waals surface area contributed by atoms with Crippen molar-refractivity contribution in [3.05, 3.63) is 42.5 Å². The maximum absolute atomic E-state index is 11.3. The van der Waals surface area contributed by atoms with Crippen molar-refractivity contribution in [2.45, 2.75) is 11.4 Å². The Morgan fingerprint density at radius 1 is 1.35 bits per heavy atom. The number of nitrogens with one attached hydrogen (secondary N) is 1. The molecule has 7 nitrogen and oxygen atoms in total. The lowest BCUT2D eigenvalue weighted by Gasteiger charge is -2.12. The van der Waals surface area contributed by atoms with Gasteiger partial charge in [0.05, 0.1) is 36.1 Å². The highest BCUT2D eigenvalue weighted by Crippen LogP contribution is 2.27. The summed E-state index contributed by atoms with van der Waals surface area (Å²) >= 11 is 0. The van der Waals surface area contributed by atoms with Gasteiger partial charge in [-0.3, -0.25) is 9.97 Å². The van der Waals surface area contributed by atoms with Crippen molar-refractivity contribution in [1.82, 2.24) is 9.97 Å². The molecule has 106 valence electrons. The van der Waals surface area contributed by atoms with Crippen molar-refractivity contribution in [2.75, 3.05) is 12.4 Å². The van der Waals surface area contributed by atoms with E-state index in [-0.39, 0.29) is 4.90 Å². The third-order valence-electron chi connectivity index (χ3n) is 2.58. The van der Waals surface area contributed by atoms with E-state index >= 15 is 0 Å². The number of nitrogens with two attached hydrogens (primary N) is 1. The molecule has 0 unspecified atom stereocenters. The molecular weight excluding hydrogens is 280 g/mol. The number of benzene rings is 1. The van der Waals surface area contributed by atoms with Gasteiger partial charge in [0.1, 0.15) is 5.75 Å². The van der Waals surface area contributed by atoms with Crippen LogP contribution in [0.1, 0.15) is 5.69 Å². The van der Waals surface area contributed by atoms with Crippen LogP contribution in [0.5, 0.6) is 5.75 Å². The van der Waals surface area contributed by atoms with E-state index in [4.69, 9.17) is 9.88 Å². The van der Waals surface area contributed by atoms with Gasteiger partial charge in [-0.1, -0.05) is 0 Å². The van der Waals surface area contributed by atoms with Crippen LogP contribution in [0.4, 0.5) is 5.69 Å². The van der Waals surface area contributed by atoms with Gasteiger partial charge < -0.3 is 10.1 Å². The molecule has 1 aromatic carbocycles. The summed E-state index contributed by atoms with van der Waals surface area (Å²) in [4.78, 5) is 8.07. The lowest BCUT2D eigenvalue weighted by Crippen LogP contribution is -2.13. The minimum Gasteiger partial charge on any atom is -0.495 e. The molecule has 2 aromatic rings. The predicted octanol–water partition coefficient (Wildman–Crippen LogP) is 0.745. The molecule has 2 rings (SSSR count). The Morgan fingerprint density at radius 3 is 2.75 bits per heavy atom. The topological polar surface area (TPSA) is 107 Å². The Morgan fingerprint density at radius 2 is 2.15 bits per heavy atom. The van der Waals surface area contributed by atoms with E-state index in [0.29, 0.717) is 18.0 Å². The van der Waals surface area contributed by atoms with Crippen LogP contribution in [0.3, 0.4) is 0 Å². The summed E-state index contributed by atoms with van der Waals surface area (Å²) in [5.74, 6) is 0.515. The van der Waals surface area contributed by atoms with E-state index in [1.807, 2.05) is 0 Å². The van der Waals surface area contributed by atoms with Crippen molar-refractivity contribution in [1.29, 1.82) is 0 Å². The van der Waals surface area contributed by atoms with Crippen LogP contribution in [0.25, 0.3) is 0 Å². The van der Waals surface area contributed by atoms with E-state index in [1.165, 1.54) is 19.2 Å². The summed E-state index contributed by atoms with van der Waals surface area (Å²) in [7, 11) is -2.26. The lowest BCUT2D eigenvalue weighted by molar-refractivity contribution is 0.416. The molecule has 0 amide bonds. The van der Waals surface area contributed by atoms with E-state index in [1.54, 1.807) is 24.7 Å². The van der Waals surface area contributed by atoms with Crippen molar-refractivity contribution in [3.8, 4) is 5.75 Å². The fraction of sp³-hybridized carbons (Fsp3) is 0.167. The van der Waals surface area contributed by atoms with Gasteiger partial charge in [-0.2, -0.15) is 0 Å². The van der Waals surface area contributed by atoms with Gasteiger partial charge in [-0.25, -0.2) is 13.6 Å². The minimum atomic E-state index is -3.76. The molecule has 0 saturated carbocycles. The smallest absolute Gasteiger partial charge is 0.238 e. The van der Waals surface area contributed by atoms with Gasteiger partial charge in [0.15, 0.2) is 0 Å². The van der Waals surface area contributed by atoms with Crippen molar-refractivity contribution < 1.29 is 13.2 Å². The van der Waals surface area contributed by atoms with Crippen LogP contribution in [-0.2, 0) is 16.6 Å². The first kappa shape index (κ1) is 14.2. The molecule has 1 aromatic heterocycles. The Bertz CT molecular complexity index is 689. The first-order valence-electron chi connectivity index (χ1n) is 5.70. The molecule has 0 radical (unpaired) electrons. The van der Waals surface area contributed by atoms with Crippen LogP contribution in [0, 0.1) is 0 Å². The molecule has 3 N–H and O–H groups in total. The number of anilines is 1. The van der Waals surface area contributed by atoms with Gasteiger partial charge in [0.25, 0.3) is 0 Å². The average Bonchev–Trinajstić information content (AvgIpc) is 2.45. The SMILES string of the molecule is COc1ccc(S(N)(=O)=O)cc1NCc1cnccn1. The minimum absolute atomic E-state index is 0.0138. The highest BCUT2D eigenvalue weighted by molar-refractivity contribution is 7.89. The van der Waals surface area contributed by atoms with Gasteiger partial charge in [0.2, 0.25) is 10.0 Å². The average molecular weight is 294 g/mol. The molecule has 0 atom stereocenters. The van der Waals surface area contributed by atoms with Crippen LogP contribution in [0.15, 0.2) is 41.7 Å².